The van der Waals surface area contributed by atoms with Crippen LogP contribution < -0.4 is 10.6 Å². The molecule has 7 nitrogen and oxygen atoms in total. The van der Waals surface area contributed by atoms with Crippen LogP contribution in [0.25, 0.3) is 0 Å². The van der Waals surface area contributed by atoms with Gasteiger partial charge in [-0.2, -0.15) is 0 Å². The van der Waals surface area contributed by atoms with Crippen LogP contribution in [0.4, 0.5) is 11.5 Å². The van der Waals surface area contributed by atoms with Crippen molar-refractivity contribution in [3.63, 3.8) is 0 Å². The monoisotopic (exact) mass is 314 g/mol. The zero-order valence-electron chi connectivity index (χ0n) is 12.8. The number of amides is 1. The number of carbonyl (C=O) groups excluding carboxylic acids is 1. The van der Waals surface area contributed by atoms with Gasteiger partial charge in [0.1, 0.15) is 0 Å². The lowest BCUT2D eigenvalue weighted by Crippen LogP contribution is -2.25. The van der Waals surface area contributed by atoms with E-state index in [0.717, 1.165) is 0 Å². The van der Waals surface area contributed by atoms with Crippen LogP contribution in [0.5, 0.6) is 0 Å². The molecule has 120 valence electrons. The second-order valence-corrected chi connectivity index (χ2v) is 4.98. The van der Waals surface area contributed by atoms with E-state index in [4.69, 9.17) is 0 Å². The molecule has 7 heteroatoms. The highest BCUT2D eigenvalue weighted by atomic mass is 16.6. The van der Waals surface area contributed by atoms with Gasteiger partial charge in [0.2, 0.25) is 5.82 Å². The van der Waals surface area contributed by atoms with E-state index < -0.39 is 4.92 Å². The molecule has 0 aliphatic carbocycles. The Hall–Kier alpha value is -2.96. The smallest absolute Gasteiger partial charge is 0.314 e. The first kappa shape index (κ1) is 16.4. The van der Waals surface area contributed by atoms with Crippen LogP contribution in [0.1, 0.15) is 22.3 Å². The van der Waals surface area contributed by atoms with Crippen molar-refractivity contribution in [3.05, 3.63) is 63.8 Å². The number of carbonyl (C=O) groups is 1. The highest BCUT2D eigenvalue weighted by molar-refractivity contribution is 5.94. The first-order valence-corrected chi connectivity index (χ1v) is 7.26. The van der Waals surface area contributed by atoms with Crippen LogP contribution in [0, 0.1) is 17.0 Å². The van der Waals surface area contributed by atoms with Crippen LogP contribution in [0.15, 0.2) is 42.6 Å². The summed E-state index contributed by atoms with van der Waals surface area (Å²) < 4.78 is 0. The van der Waals surface area contributed by atoms with Gasteiger partial charge in [0.15, 0.2) is 0 Å². The first-order valence-electron chi connectivity index (χ1n) is 7.26. The van der Waals surface area contributed by atoms with Gasteiger partial charge in [-0.1, -0.05) is 18.2 Å². The number of rotatable bonds is 7. The molecule has 2 rings (SSSR count). The summed E-state index contributed by atoms with van der Waals surface area (Å²) in [7, 11) is 0. The van der Waals surface area contributed by atoms with E-state index in [1.54, 1.807) is 37.3 Å². The Balaban J connectivity index is 1.79. The SMILES string of the molecule is Cc1ccnc(NCCCNC(=O)c2ccccc2)c1[N+](=O)[O-]. The molecule has 2 N–H and O–H groups in total. The molecular formula is C16H18N4O3. The molecule has 0 atom stereocenters. The molecule has 0 bridgehead atoms. The lowest BCUT2D eigenvalue weighted by molar-refractivity contribution is -0.384. The second kappa shape index (κ2) is 7.88. The minimum absolute atomic E-state index is 0.0131. The van der Waals surface area contributed by atoms with Gasteiger partial charge in [0.25, 0.3) is 5.91 Å². The molecule has 0 spiro atoms. The zero-order valence-corrected chi connectivity index (χ0v) is 12.8. The third kappa shape index (κ3) is 4.50. The fraction of sp³-hybridized carbons (Fsp3) is 0.250. The maximum Gasteiger partial charge on any atom is 0.314 e. The number of hydrogen-bond donors (Lipinski definition) is 2. The number of nitrogens with zero attached hydrogens (tertiary/aromatic N) is 2. The number of nitro groups is 1. The molecule has 0 aliphatic rings. The number of aromatic nitrogens is 1. The molecule has 0 fully saturated rings. The number of hydrogen-bond acceptors (Lipinski definition) is 5. The molecular weight excluding hydrogens is 296 g/mol. The lowest BCUT2D eigenvalue weighted by atomic mass is 10.2. The van der Waals surface area contributed by atoms with Gasteiger partial charge < -0.3 is 10.6 Å². The second-order valence-electron chi connectivity index (χ2n) is 4.98. The molecule has 1 heterocycles. The lowest BCUT2D eigenvalue weighted by Gasteiger charge is -2.08. The Morgan fingerprint density at radius 3 is 2.65 bits per heavy atom. The minimum atomic E-state index is -0.443. The third-order valence-electron chi connectivity index (χ3n) is 3.28. The third-order valence-corrected chi connectivity index (χ3v) is 3.28. The average molecular weight is 314 g/mol. The summed E-state index contributed by atoms with van der Waals surface area (Å²) >= 11 is 0. The van der Waals surface area contributed by atoms with Crippen molar-refractivity contribution in [2.45, 2.75) is 13.3 Å². The number of anilines is 1. The highest BCUT2D eigenvalue weighted by Crippen LogP contribution is 2.25. The number of nitrogens with one attached hydrogen (secondary N) is 2. The Kier molecular flexibility index (Phi) is 5.62. The van der Waals surface area contributed by atoms with E-state index in [2.05, 4.69) is 15.6 Å². The van der Waals surface area contributed by atoms with Crippen molar-refractivity contribution in [1.82, 2.24) is 10.3 Å². The van der Waals surface area contributed by atoms with Crippen LogP contribution in [-0.2, 0) is 0 Å². The largest absolute Gasteiger partial charge is 0.364 e. The molecule has 0 saturated carbocycles. The van der Waals surface area contributed by atoms with Gasteiger partial charge in [-0.25, -0.2) is 4.98 Å². The van der Waals surface area contributed by atoms with Crippen LogP contribution in [-0.4, -0.2) is 28.9 Å². The van der Waals surface area contributed by atoms with Gasteiger partial charge in [0, 0.05) is 30.4 Å². The van der Waals surface area contributed by atoms with Gasteiger partial charge in [-0.3, -0.25) is 14.9 Å². The normalized spacial score (nSPS) is 10.1. The summed E-state index contributed by atoms with van der Waals surface area (Å²) in [6.45, 7) is 2.62. The van der Waals surface area contributed by atoms with Crippen LogP contribution in [0.2, 0.25) is 0 Å². The molecule has 1 amide bonds. The predicted molar refractivity (Wildman–Crippen MR) is 87.5 cm³/mol. The summed E-state index contributed by atoms with van der Waals surface area (Å²) in [5, 5.41) is 16.8. The van der Waals surface area contributed by atoms with E-state index in [1.807, 2.05) is 6.07 Å². The van der Waals surface area contributed by atoms with Crippen molar-refractivity contribution < 1.29 is 9.72 Å². The molecule has 0 radical (unpaired) electrons. The fourth-order valence-electron chi connectivity index (χ4n) is 2.10. The van der Waals surface area contributed by atoms with E-state index >= 15 is 0 Å². The standard InChI is InChI=1S/C16H18N4O3/c1-12-8-11-18-15(14(12)20(22)23)17-9-5-10-19-16(21)13-6-3-2-4-7-13/h2-4,6-8,11H,5,9-10H2,1H3,(H,17,18)(H,19,21). The van der Waals surface area contributed by atoms with Crippen molar-refractivity contribution >= 4 is 17.4 Å². The molecule has 23 heavy (non-hydrogen) atoms. The Morgan fingerprint density at radius 2 is 1.96 bits per heavy atom. The van der Waals surface area contributed by atoms with Crippen molar-refractivity contribution in [2.75, 3.05) is 18.4 Å². The van der Waals surface area contributed by atoms with Gasteiger partial charge >= 0.3 is 5.69 Å². The fourth-order valence-corrected chi connectivity index (χ4v) is 2.10. The molecule has 0 aliphatic heterocycles. The predicted octanol–water partition coefficient (Wildman–Crippen LogP) is 2.53. The van der Waals surface area contributed by atoms with E-state index in [0.29, 0.717) is 30.6 Å². The van der Waals surface area contributed by atoms with Crippen LogP contribution in [0.3, 0.4) is 0 Å². The van der Waals surface area contributed by atoms with Crippen LogP contribution >= 0.6 is 0 Å². The highest BCUT2D eigenvalue weighted by Gasteiger charge is 2.17. The summed E-state index contributed by atoms with van der Waals surface area (Å²) in [6.07, 6.45) is 2.16. The van der Waals surface area contributed by atoms with Crippen molar-refractivity contribution in [3.8, 4) is 0 Å². The first-order chi connectivity index (χ1) is 11.1. The Morgan fingerprint density at radius 1 is 1.22 bits per heavy atom. The topological polar surface area (TPSA) is 97.2 Å². The quantitative estimate of drug-likeness (QED) is 0.465. The minimum Gasteiger partial charge on any atom is -0.364 e. The summed E-state index contributed by atoms with van der Waals surface area (Å²) in [6, 6.07) is 10.5. The number of aryl methyl sites for hydroxylation is 1. The summed E-state index contributed by atoms with van der Waals surface area (Å²) in [5.41, 5.74) is 1.15. The average Bonchev–Trinajstić information content (AvgIpc) is 2.54. The van der Waals surface area contributed by atoms with Gasteiger partial charge in [-0.15, -0.1) is 0 Å². The molecule has 0 unspecified atom stereocenters. The Labute approximate surface area is 133 Å². The molecule has 2 aromatic rings. The summed E-state index contributed by atoms with van der Waals surface area (Å²) in [5.74, 6) is 0.120. The maximum absolute atomic E-state index is 11.8. The summed E-state index contributed by atoms with van der Waals surface area (Å²) in [4.78, 5) is 26.4. The number of pyridine rings is 1. The van der Waals surface area contributed by atoms with E-state index in [1.165, 1.54) is 6.20 Å². The maximum atomic E-state index is 11.8. The van der Waals surface area contributed by atoms with E-state index in [-0.39, 0.29) is 17.4 Å². The zero-order chi connectivity index (χ0) is 16.7. The van der Waals surface area contributed by atoms with Crippen molar-refractivity contribution in [1.29, 1.82) is 0 Å². The molecule has 1 aromatic heterocycles. The van der Waals surface area contributed by atoms with E-state index in [9.17, 15) is 14.9 Å². The molecule has 1 aromatic carbocycles. The van der Waals surface area contributed by atoms with Gasteiger partial charge in [0.05, 0.1) is 4.92 Å². The molecule has 0 saturated heterocycles. The van der Waals surface area contributed by atoms with Crippen molar-refractivity contribution in [2.24, 2.45) is 0 Å². The number of benzene rings is 1. The Bertz CT molecular complexity index is 689. The van der Waals surface area contributed by atoms with Gasteiger partial charge in [-0.05, 0) is 31.5 Å².